The van der Waals surface area contributed by atoms with Crippen molar-refractivity contribution >= 4 is 5.91 Å². The predicted molar refractivity (Wildman–Crippen MR) is 91.7 cm³/mol. The van der Waals surface area contributed by atoms with Gasteiger partial charge in [0.05, 0.1) is 5.56 Å². The Kier molecular flexibility index (Phi) is 5.37. The Morgan fingerprint density at radius 2 is 2.00 bits per heavy atom. The van der Waals surface area contributed by atoms with Crippen LogP contribution in [0.3, 0.4) is 0 Å². The third-order valence-electron chi connectivity index (χ3n) is 5.02. The fourth-order valence-electron chi connectivity index (χ4n) is 3.72. The van der Waals surface area contributed by atoms with Gasteiger partial charge in [-0.15, -0.1) is 0 Å². The summed E-state index contributed by atoms with van der Waals surface area (Å²) in [5.74, 6) is 0.501. The number of nitrogens with zero attached hydrogens (tertiary/aromatic N) is 3. The zero-order valence-corrected chi connectivity index (χ0v) is 14.3. The van der Waals surface area contributed by atoms with Crippen molar-refractivity contribution in [1.29, 1.82) is 5.26 Å². The number of piperidine rings is 1. The van der Waals surface area contributed by atoms with E-state index in [1.54, 1.807) is 25.1 Å². The normalized spacial score (nSPS) is 22.8. The average Bonchev–Trinajstić information content (AvgIpc) is 3.16. The lowest BCUT2D eigenvalue weighted by atomic mass is 10.0. The Bertz CT molecular complexity index is 619. The van der Waals surface area contributed by atoms with Gasteiger partial charge in [-0.2, -0.15) is 5.26 Å². The van der Waals surface area contributed by atoms with E-state index >= 15 is 0 Å². The molecular weight excluding hydrogens is 302 g/mol. The molecule has 2 atom stereocenters. The van der Waals surface area contributed by atoms with Gasteiger partial charge in [-0.1, -0.05) is 12.1 Å². The molecule has 0 aliphatic carbocycles. The number of nitriles is 1. The minimum Gasteiger partial charge on any atom is -0.480 e. The largest absolute Gasteiger partial charge is 0.480 e. The van der Waals surface area contributed by atoms with Crippen molar-refractivity contribution in [3.8, 4) is 11.8 Å². The first-order chi connectivity index (χ1) is 11.7. The number of rotatable bonds is 4. The molecule has 0 aromatic heterocycles. The van der Waals surface area contributed by atoms with Crippen LogP contribution in [0.1, 0.15) is 38.2 Å². The average molecular weight is 327 g/mol. The molecule has 0 bridgehead atoms. The molecule has 1 aromatic carbocycles. The Labute approximate surface area is 143 Å². The molecule has 5 nitrogen and oxygen atoms in total. The highest BCUT2D eigenvalue weighted by atomic mass is 16.5. The number of ether oxygens (including phenoxy) is 1. The number of hydrogen-bond acceptors (Lipinski definition) is 4. The Morgan fingerprint density at radius 3 is 2.75 bits per heavy atom. The summed E-state index contributed by atoms with van der Waals surface area (Å²) in [6.45, 7) is 5.70. The summed E-state index contributed by atoms with van der Waals surface area (Å²) in [4.78, 5) is 17.2. The summed E-state index contributed by atoms with van der Waals surface area (Å²) in [6, 6.07) is 9.66. The lowest BCUT2D eigenvalue weighted by Crippen LogP contribution is -2.51. The SMILES string of the molecule is C[C@@H](Oc1ccccc1C#N)C(=O)N1CCC[C@H](N2CCCC2)C1. The van der Waals surface area contributed by atoms with Gasteiger partial charge in [-0.25, -0.2) is 0 Å². The summed E-state index contributed by atoms with van der Waals surface area (Å²) >= 11 is 0. The van der Waals surface area contributed by atoms with Crippen LogP contribution in [0.4, 0.5) is 0 Å². The van der Waals surface area contributed by atoms with Crippen LogP contribution in [0.25, 0.3) is 0 Å². The fourth-order valence-corrected chi connectivity index (χ4v) is 3.72. The molecule has 24 heavy (non-hydrogen) atoms. The number of carbonyl (C=O) groups is 1. The quantitative estimate of drug-likeness (QED) is 0.852. The van der Waals surface area contributed by atoms with E-state index in [4.69, 9.17) is 10.00 Å². The monoisotopic (exact) mass is 327 g/mol. The smallest absolute Gasteiger partial charge is 0.263 e. The van der Waals surface area contributed by atoms with E-state index in [0.29, 0.717) is 17.4 Å². The molecule has 1 amide bonds. The van der Waals surface area contributed by atoms with Crippen molar-refractivity contribution in [2.75, 3.05) is 26.2 Å². The highest BCUT2D eigenvalue weighted by Crippen LogP contribution is 2.22. The van der Waals surface area contributed by atoms with Gasteiger partial charge in [-0.05, 0) is 57.8 Å². The van der Waals surface area contributed by atoms with E-state index in [9.17, 15) is 4.79 Å². The lowest BCUT2D eigenvalue weighted by Gasteiger charge is -2.38. The Morgan fingerprint density at radius 1 is 1.25 bits per heavy atom. The molecule has 0 radical (unpaired) electrons. The maximum absolute atomic E-state index is 12.8. The second-order valence-corrected chi connectivity index (χ2v) is 6.69. The second kappa shape index (κ2) is 7.67. The number of likely N-dealkylation sites (tertiary alicyclic amines) is 2. The van der Waals surface area contributed by atoms with E-state index in [-0.39, 0.29) is 5.91 Å². The first-order valence-electron chi connectivity index (χ1n) is 8.87. The van der Waals surface area contributed by atoms with Crippen molar-refractivity contribution in [3.63, 3.8) is 0 Å². The molecule has 2 heterocycles. The fraction of sp³-hybridized carbons (Fsp3) is 0.579. The zero-order chi connectivity index (χ0) is 16.9. The molecule has 2 aliphatic heterocycles. The number of benzene rings is 1. The minimum atomic E-state index is -0.572. The highest BCUT2D eigenvalue weighted by molar-refractivity contribution is 5.81. The Balaban J connectivity index is 1.61. The number of hydrogen-bond donors (Lipinski definition) is 0. The predicted octanol–water partition coefficient (Wildman–Crippen LogP) is 2.41. The molecule has 2 saturated heterocycles. The summed E-state index contributed by atoms with van der Waals surface area (Å²) < 4.78 is 5.78. The molecule has 0 saturated carbocycles. The van der Waals surface area contributed by atoms with Crippen LogP contribution in [0.5, 0.6) is 5.75 Å². The molecule has 5 heteroatoms. The van der Waals surface area contributed by atoms with Crippen LogP contribution in [-0.2, 0) is 4.79 Å². The van der Waals surface area contributed by atoms with E-state index in [0.717, 1.165) is 32.6 Å². The molecule has 0 N–H and O–H groups in total. The van der Waals surface area contributed by atoms with Crippen molar-refractivity contribution in [2.45, 2.75) is 44.8 Å². The number of para-hydroxylation sites is 1. The van der Waals surface area contributed by atoms with Crippen LogP contribution in [0.15, 0.2) is 24.3 Å². The first-order valence-corrected chi connectivity index (χ1v) is 8.87. The van der Waals surface area contributed by atoms with Gasteiger partial charge < -0.3 is 9.64 Å². The molecule has 2 aliphatic rings. The number of carbonyl (C=O) groups excluding carboxylic acids is 1. The van der Waals surface area contributed by atoms with E-state index in [1.165, 1.54) is 19.3 Å². The van der Waals surface area contributed by atoms with Crippen LogP contribution >= 0.6 is 0 Å². The summed E-state index contributed by atoms with van der Waals surface area (Å²) in [6.07, 6.45) is 4.20. The van der Waals surface area contributed by atoms with Gasteiger partial charge in [-0.3, -0.25) is 9.69 Å². The molecule has 3 rings (SSSR count). The molecular formula is C19H25N3O2. The molecule has 0 unspecified atom stereocenters. The maximum Gasteiger partial charge on any atom is 0.263 e. The van der Waals surface area contributed by atoms with E-state index in [2.05, 4.69) is 11.0 Å². The standard InChI is InChI=1S/C19H25N3O2/c1-15(24-18-9-3-2-7-16(18)13-20)19(23)22-12-6-8-17(14-22)21-10-4-5-11-21/h2-3,7,9,15,17H,4-6,8,10-12,14H2,1H3/t15-,17+/m1/s1. The second-order valence-electron chi connectivity index (χ2n) is 6.69. The van der Waals surface area contributed by atoms with Crippen molar-refractivity contribution in [2.24, 2.45) is 0 Å². The van der Waals surface area contributed by atoms with Gasteiger partial charge in [0.25, 0.3) is 5.91 Å². The van der Waals surface area contributed by atoms with Crippen molar-refractivity contribution < 1.29 is 9.53 Å². The maximum atomic E-state index is 12.8. The lowest BCUT2D eigenvalue weighted by molar-refractivity contribution is -0.140. The highest BCUT2D eigenvalue weighted by Gasteiger charge is 2.31. The zero-order valence-electron chi connectivity index (χ0n) is 14.3. The van der Waals surface area contributed by atoms with Crippen molar-refractivity contribution in [1.82, 2.24) is 9.80 Å². The van der Waals surface area contributed by atoms with Crippen LogP contribution < -0.4 is 4.74 Å². The van der Waals surface area contributed by atoms with Crippen LogP contribution in [-0.4, -0.2) is 54.0 Å². The van der Waals surface area contributed by atoms with E-state index < -0.39 is 6.10 Å². The third kappa shape index (κ3) is 3.70. The summed E-state index contributed by atoms with van der Waals surface area (Å²) in [5.41, 5.74) is 0.464. The van der Waals surface area contributed by atoms with Crippen LogP contribution in [0, 0.1) is 11.3 Å². The van der Waals surface area contributed by atoms with Gasteiger partial charge in [0, 0.05) is 19.1 Å². The molecule has 1 aromatic rings. The van der Waals surface area contributed by atoms with Crippen molar-refractivity contribution in [3.05, 3.63) is 29.8 Å². The van der Waals surface area contributed by atoms with Gasteiger partial charge in [0.15, 0.2) is 6.10 Å². The van der Waals surface area contributed by atoms with E-state index in [1.807, 2.05) is 11.0 Å². The first kappa shape index (κ1) is 16.8. The molecule has 128 valence electrons. The van der Waals surface area contributed by atoms with Crippen LogP contribution in [0.2, 0.25) is 0 Å². The third-order valence-corrected chi connectivity index (χ3v) is 5.02. The number of amides is 1. The van der Waals surface area contributed by atoms with Gasteiger partial charge in [0.1, 0.15) is 11.8 Å². The van der Waals surface area contributed by atoms with Gasteiger partial charge >= 0.3 is 0 Å². The molecule has 0 spiro atoms. The Hall–Kier alpha value is -2.06. The van der Waals surface area contributed by atoms with Gasteiger partial charge in [0.2, 0.25) is 0 Å². The molecule has 2 fully saturated rings. The topological polar surface area (TPSA) is 56.6 Å². The summed E-state index contributed by atoms with van der Waals surface area (Å²) in [5, 5.41) is 9.14. The minimum absolute atomic E-state index is 0.0200. The summed E-state index contributed by atoms with van der Waals surface area (Å²) in [7, 11) is 0.